The van der Waals surface area contributed by atoms with E-state index in [0.717, 1.165) is 33.3 Å². The van der Waals surface area contributed by atoms with Gasteiger partial charge in [0, 0.05) is 23.7 Å². The number of aliphatic hydroxyl groups excluding tert-OH is 1. The van der Waals surface area contributed by atoms with Gasteiger partial charge in [-0.3, -0.25) is 4.98 Å². The predicted molar refractivity (Wildman–Crippen MR) is 87.6 cm³/mol. The monoisotopic (exact) mass is 289 g/mol. The lowest BCUT2D eigenvalue weighted by molar-refractivity contribution is 0.278. The van der Waals surface area contributed by atoms with Gasteiger partial charge in [-0.05, 0) is 24.3 Å². The number of aromatic nitrogens is 3. The molecule has 0 spiro atoms. The summed E-state index contributed by atoms with van der Waals surface area (Å²) in [6.45, 7) is 0.588. The van der Waals surface area contributed by atoms with Crippen LogP contribution in [0.15, 0.2) is 60.8 Å². The van der Waals surface area contributed by atoms with Crippen LogP contribution in [-0.2, 0) is 6.54 Å². The van der Waals surface area contributed by atoms with Gasteiger partial charge in [-0.1, -0.05) is 30.3 Å². The number of para-hydroxylation sites is 3. The molecule has 0 aliphatic carbocycles. The average Bonchev–Trinajstić information content (AvgIpc) is 2.93. The first-order valence-electron chi connectivity index (χ1n) is 7.29. The number of benzene rings is 2. The Hall–Kier alpha value is -2.72. The summed E-state index contributed by atoms with van der Waals surface area (Å²) in [6, 6.07) is 18.1. The number of imidazole rings is 1. The summed E-state index contributed by atoms with van der Waals surface area (Å²) in [6.07, 6.45) is 1.80. The number of hydrogen-bond acceptors (Lipinski definition) is 3. The van der Waals surface area contributed by atoms with Gasteiger partial charge in [-0.15, -0.1) is 0 Å². The molecule has 0 atom stereocenters. The van der Waals surface area contributed by atoms with Crippen LogP contribution in [-0.4, -0.2) is 26.2 Å². The number of fused-ring (bicyclic) bond motifs is 2. The summed E-state index contributed by atoms with van der Waals surface area (Å²) in [5, 5.41) is 10.5. The molecule has 4 heteroatoms. The first-order valence-corrected chi connectivity index (χ1v) is 7.29. The van der Waals surface area contributed by atoms with E-state index in [2.05, 4.69) is 9.55 Å². The Labute approximate surface area is 127 Å². The zero-order chi connectivity index (χ0) is 14.9. The molecule has 0 unspecified atom stereocenters. The molecule has 0 radical (unpaired) electrons. The van der Waals surface area contributed by atoms with Crippen molar-refractivity contribution in [2.75, 3.05) is 6.61 Å². The van der Waals surface area contributed by atoms with Crippen LogP contribution < -0.4 is 0 Å². The molecule has 2 heterocycles. The van der Waals surface area contributed by atoms with Gasteiger partial charge in [0.05, 0.1) is 23.2 Å². The van der Waals surface area contributed by atoms with E-state index in [4.69, 9.17) is 4.98 Å². The van der Waals surface area contributed by atoms with Crippen molar-refractivity contribution in [3.8, 4) is 11.4 Å². The van der Waals surface area contributed by atoms with Crippen molar-refractivity contribution < 1.29 is 5.11 Å². The topological polar surface area (TPSA) is 50.9 Å². The molecule has 22 heavy (non-hydrogen) atoms. The van der Waals surface area contributed by atoms with Crippen molar-refractivity contribution in [2.45, 2.75) is 6.54 Å². The van der Waals surface area contributed by atoms with Gasteiger partial charge in [0.15, 0.2) is 0 Å². The summed E-state index contributed by atoms with van der Waals surface area (Å²) >= 11 is 0. The van der Waals surface area contributed by atoms with E-state index >= 15 is 0 Å². The highest BCUT2D eigenvalue weighted by molar-refractivity contribution is 5.94. The van der Waals surface area contributed by atoms with E-state index in [1.807, 2.05) is 54.6 Å². The molecule has 0 saturated carbocycles. The molecule has 0 fully saturated rings. The summed E-state index contributed by atoms with van der Waals surface area (Å²) in [5.74, 6) is 0.847. The number of hydrogen-bond donors (Lipinski definition) is 1. The largest absolute Gasteiger partial charge is 0.395 e. The Bertz CT molecular complexity index is 954. The Balaban J connectivity index is 2.06. The minimum atomic E-state index is 0.0749. The lowest BCUT2D eigenvalue weighted by Gasteiger charge is -2.09. The molecule has 0 aliphatic rings. The Kier molecular flexibility index (Phi) is 3.09. The molecule has 0 bridgehead atoms. The van der Waals surface area contributed by atoms with E-state index in [9.17, 15) is 5.11 Å². The van der Waals surface area contributed by atoms with Crippen LogP contribution in [0.2, 0.25) is 0 Å². The van der Waals surface area contributed by atoms with Crippen molar-refractivity contribution in [3.05, 3.63) is 60.8 Å². The minimum Gasteiger partial charge on any atom is -0.395 e. The Morgan fingerprint density at radius 3 is 2.73 bits per heavy atom. The smallest absolute Gasteiger partial charge is 0.143 e. The van der Waals surface area contributed by atoms with Crippen molar-refractivity contribution in [3.63, 3.8) is 0 Å². The summed E-state index contributed by atoms with van der Waals surface area (Å²) in [5.41, 5.74) is 3.88. The molecule has 4 rings (SSSR count). The molecule has 0 aliphatic heterocycles. The van der Waals surface area contributed by atoms with Crippen LogP contribution >= 0.6 is 0 Å². The number of rotatable bonds is 3. The first kappa shape index (κ1) is 13.0. The number of pyridine rings is 1. The lowest BCUT2D eigenvalue weighted by atomic mass is 10.1. The van der Waals surface area contributed by atoms with Crippen LogP contribution in [0, 0.1) is 0 Å². The van der Waals surface area contributed by atoms with Crippen molar-refractivity contribution in [1.29, 1.82) is 0 Å². The molecule has 1 N–H and O–H groups in total. The van der Waals surface area contributed by atoms with Crippen molar-refractivity contribution in [1.82, 2.24) is 14.5 Å². The second-order valence-electron chi connectivity index (χ2n) is 5.18. The zero-order valence-corrected chi connectivity index (χ0v) is 12.0. The summed E-state index contributed by atoms with van der Waals surface area (Å²) in [7, 11) is 0. The third-order valence-corrected chi connectivity index (χ3v) is 3.85. The SMILES string of the molecule is OCCn1c(-c2cccc3cccnc23)nc2ccccc21. The number of nitrogens with zero attached hydrogens (tertiary/aromatic N) is 3. The molecule has 0 saturated heterocycles. The molecular weight excluding hydrogens is 274 g/mol. The van der Waals surface area contributed by atoms with E-state index in [-0.39, 0.29) is 6.61 Å². The predicted octanol–water partition coefficient (Wildman–Crippen LogP) is 3.24. The van der Waals surface area contributed by atoms with Crippen molar-refractivity contribution in [2.24, 2.45) is 0 Å². The van der Waals surface area contributed by atoms with Gasteiger partial charge in [0.25, 0.3) is 0 Å². The van der Waals surface area contributed by atoms with E-state index in [1.54, 1.807) is 6.20 Å². The molecule has 108 valence electrons. The summed E-state index contributed by atoms with van der Waals surface area (Å²) < 4.78 is 2.05. The fourth-order valence-corrected chi connectivity index (χ4v) is 2.89. The summed E-state index contributed by atoms with van der Waals surface area (Å²) in [4.78, 5) is 9.28. The molecular formula is C18H15N3O. The van der Waals surface area contributed by atoms with E-state index in [0.29, 0.717) is 6.54 Å². The van der Waals surface area contributed by atoms with Crippen molar-refractivity contribution >= 4 is 21.9 Å². The molecule has 0 amide bonds. The van der Waals surface area contributed by atoms with Crippen LogP contribution in [0.3, 0.4) is 0 Å². The zero-order valence-electron chi connectivity index (χ0n) is 12.0. The standard InChI is InChI=1S/C18H15N3O/c22-12-11-21-16-9-2-1-8-15(16)20-18(21)14-7-3-5-13-6-4-10-19-17(13)14/h1-10,22H,11-12H2. The van der Waals surface area contributed by atoms with Gasteiger partial charge >= 0.3 is 0 Å². The Morgan fingerprint density at radius 2 is 1.82 bits per heavy atom. The highest BCUT2D eigenvalue weighted by Crippen LogP contribution is 2.29. The highest BCUT2D eigenvalue weighted by atomic mass is 16.3. The molecule has 2 aromatic heterocycles. The quantitative estimate of drug-likeness (QED) is 0.630. The van der Waals surface area contributed by atoms with Crippen LogP contribution in [0.1, 0.15) is 0 Å². The number of aliphatic hydroxyl groups is 1. The third-order valence-electron chi connectivity index (χ3n) is 3.85. The van der Waals surface area contributed by atoms with Gasteiger partial charge in [-0.25, -0.2) is 4.98 Å². The fraction of sp³-hybridized carbons (Fsp3) is 0.111. The molecule has 4 aromatic rings. The average molecular weight is 289 g/mol. The fourth-order valence-electron chi connectivity index (χ4n) is 2.89. The van der Waals surface area contributed by atoms with E-state index in [1.165, 1.54) is 0 Å². The third kappa shape index (κ3) is 1.96. The van der Waals surface area contributed by atoms with Crippen LogP contribution in [0.25, 0.3) is 33.3 Å². The van der Waals surface area contributed by atoms with E-state index < -0.39 is 0 Å². The van der Waals surface area contributed by atoms with Gasteiger partial charge in [0.2, 0.25) is 0 Å². The lowest BCUT2D eigenvalue weighted by Crippen LogP contribution is -2.04. The second kappa shape index (κ2) is 5.24. The van der Waals surface area contributed by atoms with Crippen LogP contribution in [0.5, 0.6) is 0 Å². The maximum atomic E-state index is 9.42. The van der Waals surface area contributed by atoms with Gasteiger partial charge in [0.1, 0.15) is 5.82 Å². The second-order valence-corrected chi connectivity index (χ2v) is 5.18. The maximum Gasteiger partial charge on any atom is 0.143 e. The van der Waals surface area contributed by atoms with Gasteiger partial charge < -0.3 is 9.67 Å². The maximum absolute atomic E-state index is 9.42. The molecule has 4 nitrogen and oxygen atoms in total. The minimum absolute atomic E-state index is 0.0749. The normalized spacial score (nSPS) is 11.3. The van der Waals surface area contributed by atoms with Crippen LogP contribution in [0.4, 0.5) is 0 Å². The highest BCUT2D eigenvalue weighted by Gasteiger charge is 2.14. The molecule has 2 aromatic carbocycles. The van der Waals surface area contributed by atoms with Gasteiger partial charge in [-0.2, -0.15) is 0 Å². The Morgan fingerprint density at radius 1 is 0.955 bits per heavy atom. The first-order chi connectivity index (χ1) is 10.9.